The molecule has 0 aliphatic carbocycles. The number of carbonyl (C=O) groups excluding carboxylic acids is 2. The van der Waals surface area contributed by atoms with Gasteiger partial charge in [-0.2, -0.15) is 0 Å². The summed E-state index contributed by atoms with van der Waals surface area (Å²) in [6.45, 7) is 2.44. The highest BCUT2D eigenvalue weighted by Crippen LogP contribution is 2.34. The number of nitrogens with zero attached hydrogens (tertiary/aromatic N) is 1. The molecular weight excluding hydrogens is 307 g/mol. The van der Waals surface area contributed by atoms with Gasteiger partial charge in [0.15, 0.2) is 0 Å². The smallest absolute Gasteiger partial charge is 0.237 e. The van der Waals surface area contributed by atoms with Crippen LogP contribution < -0.4 is 5.32 Å². The van der Waals surface area contributed by atoms with Crippen LogP contribution in [0.15, 0.2) is 48.5 Å². The summed E-state index contributed by atoms with van der Waals surface area (Å²) in [5.74, 6) is -2.32. The molecule has 0 bridgehead atoms. The van der Waals surface area contributed by atoms with Crippen LogP contribution in [-0.2, 0) is 9.59 Å². The second kappa shape index (κ2) is 6.43. The van der Waals surface area contributed by atoms with Gasteiger partial charge in [0.1, 0.15) is 11.7 Å². The summed E-state index contributed by atoms with van der Waals surface area (Å²) < 4.78 is 13.8. The first-order chi connectivity index (χ1) is 11.5. The monoisotopic (exact) mass is 326 g/mol. The van der Waals surface area contributed by atoms with Gasteiger partial charge in [0.05, 0.1) is 5.69 Å². The van der Waals surface area contributed by atoms with Crippen molar-refractivity contribution in [2.45, 2.75) is 12.8 Å². The van der Waals surface area contributed by atoms with E-state index in [1.807, 2.05) is 31.2 Å². The Labute approximate surface area is 140 Å². The van der Waals surface area contributed by atoms with Gasteiger partial charge in [-0.25, -0.2) is 4.39 Å². The van der Waals surface area contributed by atoms with E-state index in [1.165, 1.54) is 12.1 Å². The zero-order valence-electron chi connectivity index (χ0n) is 13.6. The molecule has 0 spiro atoms. The Balaban J connectivity index is 1.89. The molecule has 124 valence electrons. The first-order valence-corrected chi connectivity index (χ1v) is 7.84. The Hall–Kier alpha value is -2.69. The predicted molar refractivity (Wildman–Crippen MR) is 90.1 cm³/mol. The number of aryl methyl sites for hydroxylation is 1. The third-order valence-electron chi connectivity index (χ3n) is 4.40. The Morgan fingerprint density at radius 2 is 1.96 bits per heavy atom. The molecule has 24 heavy (non-hydrogen) atoms. The van der Waals surface area contributed by atoms with Crippen LogP contribution in [-0.4, -0.2) is 30.3 Å². The highest BCUT2D eigenvalue weighted by molar-refractivity contribution is 6.08. The van der Waals surface area contributed by atoms with E-state index in [9.17, 15) is 14.0 Å². The number of anilines is 1. The summed E-state index contributed by atoms with van der Waals surface area (Å²) in [5, 5.41) is 2.56. The van der Waals surface area contributed by atoms with Crippen molar-refractivity contribution in [3.8, 4) is 0 Å². The molecule has 1 saturated heterocycles. The maximum Gasteiger partial charge on any atom is 0.237 e. The van der Waals surface area contributed by atoms with E-state index in [0.29, 0.717) is 6.54 Å². The molecule has 0 aromatic heterocycles. The van der Waals surface area contributed by atoms with Crippen LogP contribution in [0, 0.1) is 18.7 Å². The van der Waals surface area contributed by atoms with Crippen LogP contribution in [0.2, 0.25) is 0 Å². The van der Waals surface area contributed by atoms with Crippen molar-refractivity contribution in [3.05, 3.63) is 65.5 Å². The topological polar surface area (TPSA) is 49.4 Å². The van der Waals surface area contributed by atoms with Gasteiger partial charge in [-0.15, -0.1) is 0 Å². The third-order valence-corrected chi connectivity index (χ3v) is 4.40. The van der Waals surface area contributed by atoms with Crippen molar-refractivity contribution < 1.29 is 14.0 Å². The second-order valence-electron chi connectivity index (χ2n) is 6.19. The van der Waals surface area contributed by atoms with Crippen LogP contribution in [0.5, 0.6) is 0 Å². The number of para-hydroxylation sites is 1. The highest BCUT2D eigenvalue weighted by Gasteiger charge is 2.44. The van der Waals surface area contributed by atoms with Crippen LogP contribution in [0.3, 0.4) is 0 Å². The van der Waals surface area contributed by atoms with E-state index in [4.69, 9.17) is 0 Å². The summed E-state index contributed by atoms with van der Waals surface area (Å²) in [6.07, 6.45) is 0. The Morgan fingerprint density at radius 3 is 2.67 bits per heavy atom. The Morgan fingerprint density at radius 1 is 1.21 bits per heavy atom. The third kappa shape index (κ3) is 3.02. The molecule has 1 aliphatic heterocycles. The summed E-state index contributed by atoms with van der Waals surface area (Å²) in [6, 6.07) is 13.7. The first kappa shape index (κ1) is 16.2. The lowest BCUT2D eigenvalue weighted by atomic mass is 9.87. The van der Waals surface area contributed by atoms with Crippen molar-refractivity contribution >= 4 is 17.5 Å². The van der Waals surface area contributed by atoms with Gasteiger partial charge in [0.25, 0.3) is 0 Å². The largest absolute Gasteiger partial charge is 0.344 e. The van der Waals surface area contributed by atoms with E-state index < -0.39 is 17.6 Å². The fraction of sp³-hybridized carbons (Fsp3) is 0.263. The zero-order chi connectivity index (χ0) is 17.3. The van der Waals surface area contributed by atoms with E-state index in [2.05, 4.69) is 5.32 Å². The average Bonchev–Trinajstić information content (AvgIpc) is 2.85. The number of likely N-dealkylation sites (tertiary alicyclic amines) is 1. The molecule has 2 unspecified atom stereocenters. The van der Waals surface area contributed by atoms with Gasteiger partial charge < -0.3 is 10.2 Å². The van der Waals surface area contributed by atoms with E-state index in [0.717, 1.165) is 11.1 Å². The number of hydrogen-bond donors (Lipinski definition) is 1. The lowest BCUT2D eigenvalue weighted by Gasteiger charge is -2.17. The van der Waals surface area contributed by atoms with Gasteiger partial charge >= 0.3 is 0 Å². The number of hydrogen-bond acceptors (Lipinski definition) is 2. The minimum Gasteiger partial charge on any atom is -0.344 e. The van der Waals surface area contributed by atoms with E-state index in [-0.39, 0.29) is 17.5 Å². The van der Waals surface area contributed by atoms with Gasteiger partial charge in [-0.05, 0) is 24.6 Å². The van der Waals surface area contributed by atoms with Crippen LogP contribution in [0.1, 0.15) is 17.0 Å². The lowest BCUT2D eigenvalue weighted by Crippen LogP contribution is -2.33. The van der Waals surface area contributed by atoms with Gasteiger partial charge in [0, 0.05) is 19.5 Å². The molecule has 1 aliphatic rings. The molecule has 0 radical (unpaired) electrons. The van der Waals surface area contributed by atoms with Crippen LogP contribution in [0.4, 0.5) is 10.1 Å². The quantitative estimate of drug-likeness (QED) is 0.882. The number of carbonyl (C=O) groups is 2. The molecule has 2 amide bonds. The summed E-state index contributed by atoms with van der Waals surface area (Å²) in [5.41, 5.74) is 2.11. The van der Waals surface area contributed by atoms with Crippen molar-refractivity contribution in [2.75, 3.05) is 18.9 Å². The molecule has 3 rings (SSSR count). The predicted octanol–water partition coefficient (Wildman–Crippen LogP) is 2.94. The molecular formula is C19H19FN2O2. The zero-order valence-corrected chi connectivity index (χ0v) is 13.6. The SMILES string of the molecule is Cc1cccc(C2CN(C)C(=O)C2C(=O)Nc2ccccc2F)c1. The standard InChI is InChI=1S/C19H19FN2O2/c1-12-6-5-7-13(10-12)14-11-22(2)19(24)17(14)18(23)21-16-9-4-3-8-15(16)20/h3-10,14,17H,11H2,1-2H3,(H,21,23). The van der Waals surface area contributed by atoms with Gasteiger partial charge in [-0.1, -0.05) is 42.0 Å². The molecule has 2 aromatic carbocycles. The number of rotatable bonds is 3. The van der Waals surface area contributed by atoms with E-state index in [1.54, 1.807) is 24.1 Å². The van der Waals surface area contributed by atoms with Crippen molar-refractivity contribution in [1.82, 2.24) is 4.90 Å². The van der Waals surface area contributed by atoms with Crippen LogP contribution in [0.25, 0.3) is 0 Å². The van der Waals surface area contributed by atoms with Crippen molar-refractivity contribution in [2.24, 2.45) is 5.92 Å². The molecule has 1 fully saturated rings. The maximum atomic E-state index is 13.8. The van der Waals surface area contributed by atoms with Gasteiger partial charge in [0.2, 0.25) is 11.8 Å². The number of amides is 2. The fourth-order valence-electron chi connectivity index (χ4n) is 3.17. The van der Waals surface area contributed by atoms with Crippen molar-refractivity contribution in [3.63, 3.8) is 0 Å². The Bertz CT molecular complexity index is 790. The summed E-state index contributed by atoms with van der Waals surface area (Å²) in [7, 11) is 1.68. The molecule has 1 N–H and O–H groups in total. The molecule has 0 saturated carbocycles. The fourth-order valence-corrected chi connectivity index (χ4v) is 3.17. The number of likely N-dealkylation sites (N-methyl/N-ethyl adjacent to an activating group) is 1. The summed E-state index contributed by atoms with van der Waals surface area (Å²) in [4.78, 5) is 26.7. The molecule has 2 atom stereocenters. The number of benzene rings is 2. The molecule has 1 heterocycles. The summed E-state index contributed by atoms with van der Waals surface area (Å²) >= 11 is 0. The van der Waals surface area contributed by atoms with E-state index >= 15 is 0 Å². The average molecular weight is 326 g/mol. The number of nitrogens with one attached hydrogen (secondary N) is 1. The number of halogens is 1. The van der Waals surface area contributed by atoms with Crippen LogP contribution >= 0.6 is 0 Å². The van der Waals surface area contributed by atoms with Gasteiger partial charge in [-0.3, -0.25) is 9.59 Å². The molecule has 2 aromatic rings. The maximum absolute atomic E-state index is 13.8. The van der Waals surface area contributed by atoms with Crippen molar-refractivity contribution in [1.29, 1.82) is 0 Å². The molecule has 4 nitrogen and oxygen atoms in total. The minimum atomic E-state index is -0.851. The normalized spacial score (nSPS) is 20.3. The second-order valence-corrected chi connectivity index (χ2v) is 6.19. The first-order valence-electron chi connectivity index (χ1n) is 7.84. The lowest BCUT2D eigenvalue weighted by molar-refractivity contribution is -0.135. The highest BCUT2D eigenvalue weighted by atomic mass is 19.1. The molecule has 5 heteroatoms. The minimum absolute atomic E-state index is 0.0906. The Kier molecular flexibility index (Phi) is 4.34.